The Morgan fingerprint density at radius 3 is 2.43 bits per heavy atom. The van der Waals surface area contributed by atoms with Crippen molar-refractivity contribution >= 4 is 52.7 Å². The number of anilines is 4. The van der Waals surface area contributed by atoms with E-state index in [2.05, 4.69) is 30.8 Å². The molecule has 2 aromatic carbocycles. The number of rotatable bonds is 17. The third-order valence-corrected chi connectivity index (χ3v) is 12.7. The van der Waals surface area contributed by atoms with Crippen molar-refractivity contribution in [3.63, 3.8) is 0 Å². The highest BCUT2D eigenvalue weighted by Gasteiger charge is 2.49. The van der Waals surface area contributed by atoms with Gasteiger partial charge < -0.3 is 49.2 Å². The molecule has 18 nitrogen and oxygen atoms in total. The lowest BCUT2D eigenvalue weighted by Crippen LogP contribution is -2.52. The fourth-order valence-corrected chi connectivity index (χ4v) is 9.15. The van der Waals surface area contributed by atoms with E-state index in [-0.39, 0.29) is 66.8 Å². The van der Waals surface area contributed by atoms with Gasteiger partial charge in [0, 0.05) is 61.9 Å². The van der Waals surface area contributed by atoms with Crippen LogP contribution in [0, 0.1) is 0 Å². The zero-order chi connectivity index (χ0) is 45.7. The molecular formula is C45H55F2N9O9. The zero-order valence-electron chi connectivity index (χ0n) is 36.6. The number of carbonyl (C=O) groups is 5. The second kappa shape index (κ2) is 20.0. The summed E-state index contributed by atoms with van der Waals surface area (Å²) < 4.78 is 53.1. The molecular weight excluding hydrogens is 849 g/mol. The number of nitrogens with one attached hydrogen (secondary N) is 3. The van der Waals surface area contributed by atoms with Gasteiger partial charge in [0.2, 0.25) is 17.8 Å². The fourth-order valence-electron chi connectivity index (χ4n) is 9.15. The third kappa shape index (κ3) is 10.3. The van der Waals surface area contributed by atoms with E-state index in [1.54, 1.807) is 41.3 Å². The van der Waals surface area contributed by atoms with Crippen LogP contribution in [0.3, 0.4) is 0 Å². The van der Waals surface area contributed by atoms with E-state index in [9.17, 15) is 24.0 Å². The van der Waals surface area contributed by atoms with Crippen LogP contribution in [0.4, 0.5) is 31.9 Å². The molecule has 3 fully saturated rings. The van der Waals surface area contributed by atoms with E-state index >= 15 is 8.78 Å². The lowest BCUT2D eigenvalue weighted by atomic mass is 10.0. The van der Waals surface area contributed by atoms with Gasteiger partial charge in [-0.15, -0.1) is 0 Å². The Hall–Kier alpha value is -5.99. The molecule has 8 rings (SSSR count). The molecule has 5 heterocycles. The van der Waals surface area contributed by atoms with Gasteiger partial charge in [0.25, 0.3) is 17.7 Å². The van der Waals surface area contributed by atoms with Crippen molar-refractivity contribution < 1.29 is 51.7 Å². The number of fused-ring (bicyclic) bond motifs is 2. The first-order valence-electron chi connectivity index (χ1n) is 22.2. The predicted octanol–water partition coefficient (Wildman–Crippen LogP) is 3.66. The highest BCUT2D eigenvalue weighted by Crippen LogP contribution is 2.40. The van der Waals surface area contributed by atoms with E-state index in [1.807, 2.05) is 0 Å². The van der Waals surface area contributed by atoms with Crippen molar-refractivity contribution in [2.75, 3.05) is 88.5 Å². The Balaban J connectivity index is 0.731. The van der Waals surface area contributed by atoms with Crippen LogP contribution < -0.4 is 35.2 Å². The molecule has 0 spiro atoms. The number of carbonyl (C=O) groups excluding carboxylic acids is 5. The third-order valence-electron chi connectivity index (χ3n) is 12.7. The van der Waals surface area contributed by atoms with Gasteiger partial charge in [-0.1, -0.05) is 18.9 Å². The number of likely N-dealkylation sites (tertiary alicyclic amines) is 1. The minimum absolute atomic E-state index is 0.00558. The molecule has 4 aliphatic heterocycles. The Labute approximate surface area is 375 Å². The molecule has 0 radical (unpaired) electrons. The summed E-state index contributed by atoms with van der Waals surface area (Å²) in [7, 11) is 2.79. The molecule has 1 unspecified atom stereocenters. The number of methoxy groups -OCH3 is 1. The summed E-state index contributed by atoms with van der Waals surface area (Å²) in [6, 6.07) is 9.36. The Morgan fingerprint density at radius 1 is 0.923 bits per heavy atom. The van der Waals surface area contributed by atoms with Crippen LogP contribution in [0.15, 0.2) is 42.6 Å². The van der Waals surface area contributed by atoms with Gasteiger partial charge in [0.15, 0.2) is 5.82 Å². The van der Waals surface area contributed by atoms with Gasteiger partial charge in [0.05, 0.1) is 58.5 Å². The smallest absolute Gasteiger partial charge is 0.342 e. The standard InChI is InChI=1S/C45H55F2N9O9/c1-53-35-25-48-44(52-39(35)56(30-6-3-4-7-30)27-45(46,47)43(53)61)50-33-11-10-28(24-37(33)62-2)40(58)49-29-14-16-54(17-15-29)18-19-63-20-21-64-22-23-65-36-9-5-8-31-32(36)26-55(42(31)60)34-12-13-38(57)51-41(34)59/h5,8-11,24-25,29-30,34H,3-4,6-7,12-23,26-27H2,1-2H3,(H,49,58)(H,48,50,52)(H,51,57,59). The molecule has 3 N–H and O–H groups in total. The number of piperidine rings is 2. The number of halogens is 2. The normalized spacial score (nSPS) is 20.4. The minimum Gasteiger partial charge on any atom is -0.495 e. The summed E-state index contributed by atoms with van der Waals surface area (Å²) in [6.45, 7) is 3.76. The second-order valence-corrected chi connectivity index (χ2v) is 16.9. The van der Waals surface area contributed by atoms with E-state index in [0.29, 0.717) is 61.2 Å². The van der Waals surface area contributed by atoms with Crippen molar-refractivity contribution in [1.29, 1.82) is 0 Å². The van der Waals surface area contributed by atoms with Crippen LogP contribution in [-0.4, -0.2) is 147 Å². The van der Waals surface area contributed by atoms with Crippen LogP contribution in [0.5, 0.6) is 11.5 Å². The highest BCUT2D eigenvalue weighted by atomic mass is 19.3. The maximum atomic E-state index is 15.0. The van der Waals surface area contributed by atoms with Crippen molar-refractivity contribution in [2.45, 2.75) is 82.0 Å². The molecule has 1 aromatic heterocycles. The highest BCUT2D eigenvalue weighted by molar-refractivity contribution is 6.06. The van der Waals surface area contributed by atoms with Crippen LogP contribution in [0.25, 0.3) is 0 Å². The maximum absolute atomic E-state index is 15.0. The minimum atomic E-state index is -3.58. The van der Waals surface area contributed by atoms with Crippen LogP contribution in [-0.2, 0) is 30.4 Å². The summed E-state index contributed by atoms with van der Waals surface area (Å²) in [5.41, 5.74) is 2.31. The van der Waals surface area contributed by atoms with Gasteiger partial charge in [-0.2, -0.15) is 13.8 Å². The summed E-state index contributed by atoms with van der Waals surface area (Å²) >= 11 is 0. The van der Waals surface area contributed by atoms with Crippen molar-refractivity contribution in [1.82, 2.24) is 30.4 Å². The number of aromatic nitrogens is 2. The molecule has 1 atom stereocenters. The second-order valence-electron chi connectivity index (χ2n) is 16.9. The number of benzene rings is 2. The van der Waals surface area contributed by atoms with E-state index in [1.165, 1.54) is 25.3 Å². The Bertz CT molecular complexity index is 2270. The lowest BCUT2D eigenvalue weighted by Gasteiger charge is -2.32. The molecule has 5 aliphatic rings. The number of alkyl halides is 2. The Kier molecular flexibility index (Phi) is 14.0. The average Bonchev–Trinajstić information content (AvgIpc) is 3.95. The summed E-state index contributed by atoms with van der Waals surface area (Å²) in [5, 5.41) is 8.57. The number of amides is 5. The lowest BCUT2D eigenvalue weighted by molar-refractivity contribution is -0.140. The largest absolute Gasteiger partial charge is 0.495 e. The summed E-state index contributed by atoms with van der Waals surface area (Å²) in [6.07, 6.45) is 6.71. The van der Waals surface area contributed by atoms with Gasteiger partial charge in [-0.05, 0) is 62.4 Å². The number of hydrogen-bond acceptors (Lipinski definition) is 14. The fraction of sp³-hybridized carbons (Fsp3) is 0.533. The SMILES string of the molecule is COc1cc(C(=O)NC2CCN(CCOCCOCCOc3cccc4c3CN(C3CCC(=O)NC3=O)C4=O)CC2)ccc1Nc1ncc2c(n1)N(C1CCCC1)CC(F)(F)C(=O)N2C. The molecule has 65 heavy (non-hydrogen) atoms. The molecule has 2 saturated heterocycles. The number of nitrogens with zero attached hydrogens (tertiary/aromatic N) is 6. The van der Waals surface area contributed by atoms with Crippen molar-refractivity contribution in [2.24, 2.45) is 0 Å². The number of ether oxygens (including phenoxy) is 4. The zero-order valence-corrected chi connectivity index (χ0v) is 36.6. The van der Waals surface area contributed by atoms with Gasteiger partial charge >= 0.3 is 5.92 Å². The molecule has 348 valence electrons. The quantitative estimate of drug-likeness (QED) is 0.131. The van der Waals surface area contributed by atoms with Crippen molar-refractivity contribution in [3.05, 3.63) is 59.3 Å². The molecule has 1 aliphatic carbocycles. The van der Waals surface area contributed by atoms with Crippen molar-refractivity contribution in [3.8, 4) is 11.5 Å². The first kappa shape index (κ1) is 45.6. The maximum Gasteiger partial charge on any atom is 0.342 e. The molecule has 5 amide bonds. The number of hydrogen-bond donors (Lipinski definition) is 3. The average molecular weight is 904 g/mol. The van der Waals surface area contributed by atoms with Crippen LogP contribution in [0.1, 0.15) is 77.6 Å². The van der Waals surface area contributed by atoms with Crippen LogP contribution >= 0.6 is 0 Å². The molecule has 20 heteroatoms. The summed E-state index contributed by atoms with van der Waals surface area (Å²) in [5.74, 6) is -4.82. The van der Waals surface area contributed by atoms with E-state index in [0.717, 1.165) is 68.6 Å². The molecule has 1 saturated carbocycles. The predicted molar refractivity (Wildman–Crippen MR) is 233 cm³/mol. The first-order chi connectivity index (χ1) is 31.4. The van der Waals surface area contributed by atoms with Gasteiger partial charge in [0.1, 0.15) is 29.8 Å². The monoisotopic (exact) mass is 903 g/mol. The molecule has 3 aromatic rings. The topological polar surface area (TPSA) is 197 Å². The first-order valence-corrected chi connectivity index (χ1v) is 22.2. The van der Waals surface area contributed by atoms with Gasteiger partial charge in [-0.25, -0.2) is 4.98 Å². The van der Waals surface area contributed by atoms with Gasteiger partial charge in [-0.3, -0.25) is 29.3 Å². The van der Waals surface area contributed by atoms with E-state index in [4.69, 9.17) is 18.9 Å². The summed E-state index contributed by atoms with van der Waals surface area (Å²) in [4.78, 5) is 78.3. The van der Waals surface area contributed by atoms with Crippen LogP contribution in [0.2, 0.25) is 0 Å². The Morgan fingerprint density at radius 2 is 1.68 bits per heavy atom. The van der Waals surface area contributed by atoms with E-state index < -0.39 is 30.3 Å². The molecule has 0 bridgehead atoms. The number of imide groups is 1.